The molecule has 0 aromatic heterocycles. The fraction of sp³-hybridized carbons (Fsp3) is 0.235. The van der Waals surface area contributed by atoms with Crippen LogP contribution in [0.1, 0.15) is 33.1 Å². The van der Waals surface area contributed by atoms with E-state index in [1.54, 1.807) is 18.0 Å². The van der Waals surface area contributed by atoms with E-state index in [2.05, 4.69) is 0 Å². The van der Waals surface area contributed by atoms with E-state index in [4.69, 9.17) is 0 Å². The van der Waals surface area contributed by atoms with Crippen molar-refractivity contribution in [2.45, 2.75) is 18.6 Å². The summed E-state index contributed by atoms with van der Waals surface area (Å²) >= 11 is 0. The maximum Gasteiger partial charge on any atom is 0.416 e. The minimum absolute atomic E-state index is 0.105. The van der Waals surface area contributed by atoms with Gasteiger partial charge in [-0.1, -0.05) is 30.3 Å². The Morgan fingerprint density at radius 3 is 2.32 bits per heavy atom. The summed E-state index contributed by atoms with van der Waals surface area (Å²) in [5.74, 6) is -0.105. The van der Waals surface area contributed by atoms with Gasteiger partial charge in [-0.3, -0.25) is 4.79 Å². The minimum Gasteiger partial charge on any atom is -0.334 e. The number of hydrogen-bond acceptors (Lipinski definition) is 1. The third kappa shape index (κ3) is 2.47. The second-order valence-corrected chi connectivity index (χ2v) is 5.41. The van der Waals surface area contributed by atoms with Gasteiger partial charge in [-0.25, -0.2) is 0 Å². The summed E-state index contributed by atoms with van der Waals surface area (Å²) < 4.78 is 37.9. The smallest absolute Gasteiger partial charge is 0.334 e. The normalized spacial score (nSPS) is 18.3. The minimum atomic E-state index is -4.35. The number of nitrogens with zero attached hydrogens (tertiary/aromatic N) is 1. The number of hydrogen-bond donors (Lipinski definition) is 0. The zero-order valence-electron chi connectivity index (χ0n) is 11.9. The van der Waals surface area contributed by atoms with E-state index in [9.17, 15) is 18.0 Å². The molecule has 2 aromatic rings. The fourth-order valence-corrected chi connectivity index (χ4v) is 2.82. The zero-order valence-corrected chi connectivity index (χ0v) is 11.9. The first-order chi connectivity index (χ1) is 10.4. The summed E-state index contributed by atoms with van der Waals surface area (Å²) in [6.07, 6.45) is -3.75. The van der Waals surface area contributed by atoms with Crippen LogP contribution in [0.25, 0.3) is 0 Å². The highest BCUT2D eigenvalue weighted by molar-refractivity contribution is 5.97. The molecule has 2 nitrogen and oxygen atoms in total. The van der Waals surface area contributed by atoms with Gasteiger partial charge in [0.25, 0.3) is 5.91 Å². The molecule has 3 rings (SSSR count). The first-order valence-corrected chi connectivity index (χ1v) is 6.90. The van der Waals surface area contributed by atoms with Crippen LogP contribution in [0.4, 0.5) is 13.2 Å². The lowest BCUT2D eigenvalue weighted by Gasteiger charge is -2.34. The number of carbonyl (C=O) groups excluding carboxylic acids is 1. The van der Waals surface area contributed by atoms with Crippen molar-refractivity contribution >= 4 is 5.91 Å². The lowest BCUT2D eigenvalue weighted by atomic mass is 9.89. The van der Waals surface area contributed by atoms with Crippen LogP contribution in [0.3, 0.4) is 0 Å². The van der Waals surface area contributed by atoms with Gasteiger partial charge >= 0.3 is 6.18 Å². The van der Waals surface area contributed by atoms with Gasteiger partial charge in [0.05, 0.1) is 11.6 Å². The molecule has 1 aliphatic rings. The molecule has 0 spiro atoms. The summed E-state index contributed by atoms with van der Waals surface area (Å²) in [6.45, 7) is 0. The molecule has 0 radical (unpaired) electrons. The predicted molar refractivity (Wildman–Crippen MR) is 76.4 cm³/mol. The molecule has 1 amide bonds. The molecule has 5 heteroatoms. The van der Waals surface area contributed by atoms with Gasteiger partial charge in [-0.05, 0) is 35.7 Å². The number of benzene rings is 2. The highest BCUT2D eigenvalue weighted by Crippen LogP contribution is 2.34. The van der Waals surface area contributed by atoms with Gasteiger partial charge in [0.1, 0.15) is 0 Å². The van der Waals surface area contributed by atoms with Gasteiger partial charge in [0.2, 0.25) is 0 Å². The van der Waals surface area contributed by atoms with Crippen LogP contribution in [0.2, 0.25) is 0 Å². The van der Waals surface area contributed by atoms with E-state index in [0.717, 1.165) is 17.7 Å². The van der Waals surface area contributed by atoms with Crippen LogP contribution in [0.15, 0.2) is 48.5 Å². The van der Waals surface area contributed by atoms with Crippen LogP contribution in [-0.4, -0.2) is 17.9 Å². The second kappa shape index (κ2) is 5.16. The Bertz CT molecular complexity index is 707. The molecular formula is C17H14F3NO. The molecule has 1 heterocycles. The van der Waals surface area contributed by atoms with E-state index in [1.165, 1.54) is 12.1 Å². The van der Waals surface area contributed by atoms with Crippen LogP contribution in [0.5, 0.6) is 0 Å². The quantitative estimate of drug-likeness (QED) is 0.777. The fourth-order valence-electron chi connectivity index (χ4n) is 2.82. The van der Waals surface area contributed by atoms with Crippen molar-refractivity contribution in [2.24, 2.45) is 0 Å². The average Bonchev–Trinajstić information content (AvgIpc) is 2.50. The Hall–Kier alpha value is -2.30. The molecule has 1 aliphatic heterocycles. The summed E-state index contributed by atoms with van der Waals surface area (Å²) in [5, 5.41) is 0. The maximum absolute atomic E-state index is 12.6. The molecule has 1 atom stereocenters. The van der Waals surface area contributed by atoms with Crippen molar-refractivity contribution < 1.29 is 18.0 Å². The number of fused-ring (bicyclic) bond motifs is 1. The lowest BCUT2D eigenvalue weighted by molar-refractivity contribution is -0.137. The Kier molecular flexibility index (Phi) is 3.43. The van der Waals surface area contributed by atoms with Gasteiger partial charge in [-0.2, -0.15) is 13.2 Å². The van der Waals surface area contributed by atoms with Gasteiger partial charge < -0.3 is 4.90 Å². The second-order valence-electron chi connectivity index (χ2n) is 5.41. The zero-order chi connectivity index (χ0) is 15.9. The average molecular weight is 305 g/mol. The van der Waals surface area contributed by atoms with Gasteiger partial charge in [0, 0.05) is 12.6 Å². The molecule has 0 saturated heterocycles. The Balaban J connectivity index is 1.94. The molecule has 0 N–H and O–H groups in total. The van der Waals surface area contributed by atoms with Crippen molar-refractivity contribution in [3.05, 3.63) is 70.8 Å². The summed E-state index contributed by atoms with van der Waals surface area (Å²) in [7, 11) is 1.68. The number of halogens is 3. The summed E-state index contributed by atoms with van der Waals surface area (Å²) in [6, 6.07) is 12.1. The van der Waals surface area contributed by atoms with Crippen LogP contribution in [0, 0.1) is 0 Å². The molecule has 114 valence electrons. The van der Waals surface area contributed by atoms with Crippen molar-refractivity contribution in [3.63, 3.8) is 0 Å². The Labute approximate surface area is 126 Å². The third-order valence-corrected chi connectivity index (χ3v) is 4.07. The topological polar surface area (TPSA) is 20.3 Å². The van der Waals surface area contributed by atoms with Gasteiger partial charge in [0.15, 0.2) is 0 Å². The van der Waals surface area contributed by atoms with E-state index in [1.807, 2.05) is 18.2 Å². The monoisotopic (exact) mass is 305 g/mol. The Morgan fingerprint density at radius 1 is 1.05 bits per heavy atom. The molecule has 0 fully saturated rings. The lowest BCUT2D eigenvalue weighted by Crippen LogP contribution is -2.37. The number of alkyl halides is 3. The highest BCUT2D eigenvalue weighted by Gasteiger charge is 2.33. The molecular weight excluding hydrogens is 291 g/mol. The van der Waals surface area contributed by atoms with E-state index in [0.29, 0.717) is 17.5 Å². The number of carbonyl (C=O) groups is 1. The van der Waals surface area contributed by atoms with Gasteiger partial charge in [-0.15, -0.1) is 0 Å². The number of amides is 1. The molecule has 22 heavy (non-hydrogen) atoms. The maximum atomic E-state index is 12.6. The van der Waals surface area contributed by atoms with E-state index >= 15 is 0 Å². The van der Waals surface area contributed by atoms with E-state index in [-0.39, 0.29) is 11.9 Å². The molecule has 0 saturated carbocycles. The summed E-state index contributed by atoms with van der Waals surface area (Å²) in [5.41, 5.74) is 1.61. The Morgan fingerprint density at radius 2 is 1.68 bits per heavy atom. The first-order valence-electron chi connectivity index (χ1n) is 6.90. The first kappa shape index (κ1) is 14.6. The van der Waals surface area contributed by atoms with Crippen molar-refractivity contribution in [3.8, 4) is 0 Å². The SMILES string of the molecule is CN1C(=O)c2ccccc2CC1c1ccc(C(F)(F)F)cc1. The van der Waals surface area contributed by atoms with Crippen LogP contribution >= 0.6 is 0 Å². The molecule has 0 bridgehead atoms. The van der Waals surface area contributed by atoms with Crippen molar-refractivity contribution in [1.82, 2.24) is 4.90 Å². The molecule has 0 aliphatic carbocycles. The predicted octanol–water partition coefficient (Wildman–Crippen LogP) is 4.07. The summed E-state index contributed by atoms with van der Waals surface area (Å²) in [4.78, 5) is 14.0. The highest BCUT2D eigenvalue weighted by atomic mass is 19.4. The van der Waals surface area contributed by atoms with Crippen molar-refractivity contribution in [1.29, 1.82) is 0 Å². The largest absolute Gasteiger partial charge is 0.416 e. The molecule has 1 unspecified atom stereocenters. The number of likely N-dealkylation sites (N-methyl/N-ethyl adjacent to an activating group) is 1. The van der Waals surface area contributed by atoms with E-state index < -0.39 is 11.7 Å². The standard InChI is InChI=1S/C17H14F3NO/c1-21-15(10-12-4-2-3-5-14(12)16(21)22)11-6-8-13(9-7-11)17(18,19)20/h2-9,15H,10H2,1H3. The molecule has 2 aromatic carbocycles. The van der Waals surface area contributed by atoms with Crippen LogP contribution in [-0.2, 0) is 12.6 Å². The third-order valence-electron chi connectivity index (χ3n) is 4.07. The number of rotatable bonds is 1. The van der Waals surface area contributed by atoms with Crippen molar-refractivity contribution in [2.75, 3.05) is 7.05 Å². The van der Waals surface area contributed by atoms with Crippen LogP contribution < -0.4 is 0 Å².